The van der Waals surface area contributed by atoms with Crippen molar-refractivity contribution in [2.24, 2.45) is 0 Å². The molecule has 1 aromatic carbocycles. The zero-order chi connectivity index (χ0) is 11.1. The Morgan fingerprint density at radius 3 is 2.94 bits per heavy atom. The van der Waals surface area contributed by atoms with Gasteiger partial charge in [0.25, 0.3) is 0 Å². The molecule has 0 atom stereocenters. The third-order valence-corrected chi connectivity index (χ3v) is 2.99. The van der Waals surface area contributed by atoms with E-state index in [1.807, 2.05) is 10.6 Å². The average molecular weight is 235 g/mol. The molecule has 1 aliphatic carbocycles. The quantitative estimate of drug-likeness (QED) is 0.811. The van der Waals surface area contributed by atoms with Gasteiger partial charge in [-0.1, -0.05) is 12.1 Å². The number of hydrogen-bond donors (Lipinski definition) is 1. The van der Waals surface area contributed by atoms with Crippen LogP contribution in [-0.4, -0.2) is 14.8 Å². The van der Waals surface area contributed by atoms with Crippen molar-refractivity contribution in [2.45, 2.75) is 18.9 Å². The second kappa shape index (κ2) is 3.52. The van der Waals surface area contributed by atoms with Gasteiger partial charge in [0, 0.05) is 11.6 Å². The monoisotopic (exact) mass is 235 g/mol. The average Bonchev–Trinajstić information content (AvgIpc) is 3.02. The number of halogens is 1. The molecule has 0 radical (unpaired) electrons. The summed E-state index contributed by atoms with van der Waals surface area (Å²) in [6.07, 6.45) is 2.24. The molecule has 16 heavy (non-hydrogen) atoms. The van der Waals surface area contributed by atoms with E-state index in [1.54, 1.807) is 6.07 Å². The van der Waals surface area contributed by atoms with E-state index in [0.29, 0.717) is 10.8 Å². The van der Waals surface area contributed by atoms with E-state index in [1.165, 1.54) is 12.1 Å². The highest BCUT2D eigenvalue weighted by Gasteiger charge is 2.27. The molecule has 2 aromatic rings. The number of hydrogen-bond acceptors (Lipinski definition) is 2. The van der Waals surface area contributed by atoms with Crippen molar-refractivity contribution in [3.8, 4) is 11.4 Å². The first-order valence-corrected chi connectivity index (χ1v) is 5.59. The highest BCUT2D eigenvalue weighted by atomic mass is 32.1. The molecule has 1 aromatic heterocycles. The van der Waals surface area contributed by atoms with Gasteiger partial charge in [-0.3, -0.25) is 9.67 Å². The number of aromatic amines is 1. The van der Waals surface area contributed by atoms with Gasteiger partial charge in [-0.15, -0.1) is 0 Å². The van der Waals surface area contributed by atoms with Gasteiger partial charge in [-0.05, 0) is 37.2 Å². The molecule has 3 rings (SSSR count). The van der Waals surface area contributed by atoms with Crippen LogP contribution in [0.25, 0.3) is 11.4 Å². The Morgan fingerprint density at radius 2 is 2.25 bits per heavy atom. The summed E-state index contributed by atoms with van der Waals surface area (Å²) in [5.41, 5.74) is 0.763. The minimum Gasteiger partial charge on any atom is -0.297 e. The summed E-state index contributed by atoms with van der Waals surface area (Å²) in [7, 11) is 0. The van der Waals surface area contributed by atoms with Crippen molar-refractivity contribution in [2.75, 3.05) is 0 Å². The van der Waals surface area contributed by atoms with Crippen LogP contribution in [0.3, 0.4) is 0 Å². The molecule has 82 valence electrons. The van der Waals surface area contributed by atoms with Gasteiger partial charge in [-0.2, -0.15) is 5.10 Å². The van der Waals surface area contributed by atoms with Crippen molar-refractivity contribution < 1.29 is 4.39 Å². The second-order valence-corrected chi connectivity index (χ2v) is 4.35. The summed E-state index contributed by atoms with van der Waals surface area (Å²) in [5, 5.41) is 6.94. The molecule has 0 unspecified atom stereocenters. The van der Waals surface area contributed by atoms with Crippen molar-refractivity contribution in [1.82, 2.24) is 14.8 Å². The highest BCUT2D eigenvalue weighted by Crippen LogP contribution is 2.37. The first-order valence-electron chi connectivity index (χ1n) is 5.18. The fourth-order valence-corrected chi connectivity index (χ4v) is 2.09. The number of nitrogens with one attached hydrogen (secondary N) is 1. The molecule has 3 nitrogen and oxygen atoms in total. The van der Waals surface area contributed by atoms with Crippen LogP contribution >= 0.6 is 12.2 Å². The lowest BCUT2D eigenvalue weighted by Gasteiger charge is -2.04. The van der Waals surface area contributed by atoms with E-state index in [0.717, 1.165) is 24.2 Å². The van der Waals surface area contributed by atoms with Gasteiger partial charge < -0.3 is 0 Å². The number of H-pyrrole nitrogens is 1. The Bertz CT molecular complexity index is 583. The molecule has 1 fully saturated rings. The molecule has 1 heterocycles. The Labute approximate surface area is 96.9 Å². The first-order chi connectivity index (χ1) is 7.75. The summed E-state index contributed by atoms with van der Waals surface area (Å²) >= 11 is 5.17. The van der Waals surface area contributed by atoms with E-state index in [9.17, 15) is 4.39 Å². The van der Waals surface area contributed by atoms with Crippen LogP contribution < -0.4 is 0 Å². The standard InChI is InChI=1S/C11H10FN3S/c12-8-3-1-2-7(6-8)10-13-14-11(16)15(10)9-4-5-9/h1-3,6,9H,4-5H2,(H,14,16). The molecular formula is C11H10FN3S. The van der Waals surface area contributed by atoms with Gasteiger partial charge in [-0.25, -0.2) is 4.39 Å². The van der Waals surface area contributed by atoms with Crippen molar-refractivity contribution in [3.63, 3.8) is 0 Å². The maximum Gasteiger partial charge on any atom is 0.195 e. The molecule has 0 saturated heterocycles. The third kappa shape index (κ3) is 1.57. The van der Waals surface area contributed by atoms with E-state index >= 15 is 0 Å². The van der Waals surface area contributed by atoms with Crippen LogP contribution in [-0.2, 0) is 0 Å². The van der Waals surface area contributed by atoms with Gasteiger partial charge in [0.2, 0.25) is 0 Å². The minimum absolute atomic E-state index is 0.256. The third-order valence-electron chi connectivity index (χ3n) is 2.70. The van der Waals surface area contributed by atoms with Crippen molar-refractivity contribution in [1.29, 1.82) is 0 Å². The lowest BCUT2D eigenvalue weighted by Crippen LogP contribution is -1.97. The summed E-state index contributed by atoms with van der Waals surface area (Å²) in [6.45, 7) is 0. The van der Waals surface area contributed by atoms with Crippen LogP contribution in [0.15, 0.2) is 24.3 Å². The smallest absolute Gasteiger partial charge is 0.195 e. The van der Waals surface area contributed by atoms with E-state index in [2.05, 4.69) is 10.2 Å². The lowest BCUT2D eigenvalue weighted by molar-refractivity contribution is 0.627. The van der Waals surface area contributed by atoms with Crippen LogP contribution in [0.4, 0.5) is 4.39 Å². The van der Waals surface area contributed by atoms with Gasteiger partial charge >= 0.3 is 0 Å². The second-order valence-electron chi connectivity index (χ2n) is 3.96. The summed E-state index contributed by atoms with van der Waals surface area (Å²) in [5.74, 6) is 0.473. The zero-order valence-electron chi connectivity index (χ0n) is 8.48. The number of benzene rings is 1. The van der Waals surface area contributed by atoms with Crippen LogP contribution in [0, 0.1) is 10.6 Å². The molecule has 5 heteroatoms. The summed E-state index contributed by atoms with van der Waals surface area (Å²) in [6, 6.07) is 6.85. The van der Waals surface area contributed by atoms with Gasteiger partial charge in [0.05, 0.1) is 0 Å². The van der Waals surface area contributed by atoms with Crippen molar-refractivity contribution >= 4 is 12.2 Å². The predicted octanol–water partition coefficient (Wildman–Crippen LogP) is 3.08. The van der Waals surface area contributed by atoms with Crippen LogP contribution in [0.5, 0.6) is 0 Å². The molecular weight excluding hydrogens is 225 g/mol. The highest BCUT2D eigenvalue weighted by molar-refractivity contribution is 7.71. The Kier molecular flexibility index (Phi) is 2.14. The molecule has 0 aliphatic heterocycles. The summed E-state index contributed by atoms with van der Waals surface area (Å²) in [4.78, 5) is 0. The fraction of sp³-hybridized carbons (Fsp3) is 0.273. The molecule has 1 N–H and O–H groups in total. The molecule has 0 amide bonds. The number of rotatable bonds is 2. The Morgan fingerprint density at radius 1 is 1.44 bits per heavy atom. The van der Waals surface area contributed by atoms with Crippen LogP contribution in [0.2, 0.25) is 0 Å². The molecule has 1 aliphatic rings. The van der Waals surface area contributed by atoms with E-state index in [4.69, 9.17) is 12.2 Å². The fourth-order valence-electron chi connectivity index (χ4n) is 1.81. The SMILES string of the molecule is Fc1cccc(-c2n[nH]c(=S)n2C2CC2)c1. The normalized spacial score (nSPS) is 15.3. The Balaban J connectivity index is 2.16. The van der Waals surface area contributed by atoms with Crippen molar-refractivity contribution in [3.05, 3.63) is 34.9 Å². The maximum atomic E-state index is 13.1. The van der Waals surface area contributed by atoms with Crippen LogP contribution in [0.1, 0.15) is 18.9 Å². The molecule has 0 bridgehead atoms. The largest absolute Gasteiger partial charge is 0.297 e. The summed E-state index contributed by atoms with van der Waals surface area (Å²) < 4.78 is 15.7. The van der Waals surface area contributed by atoms with E-state index in [-0.39, 0.29) is 5.82 Å². The lowest BCUT2D eigenvalue weighted by atomic mass is 10.2. The van der Waals surface area contributed by atoms with Gasteiger partial charge in [0.1, 0.15) is 5.82 Å². The topological polar surface area (TPSA) is 33.6 Å². The maximum absolute atomic E-state index is 13.1. The zero-order valence-corrected chi connectivity index (χ0v) is 9.30. The van der Waals surface area contributed by atoms with Gasteiger partial charge in [0.15, 0.2) is 10.6 Å². The van der Waals surface area contributed by atoms with E-state index < -0.39 is 0 Å². The predicted molar refractivity (Wildman–Crippen MR) is 61.1 cm³/mol. The minimum atomic E-state index is -0.256. The number of nitrogens with zero attached hydrogens (tertiary/aromatic N) is 2. The Hall–Kier alpha value is -1.49. The number of aromatic nitrogens is 3. The molecule has 0 spiro atoms. The first kappa shape index (κ1) is 9.72. The molecule has 1 saturated carbocycles.